The summed E-state index contributed by atoms with van der Waals surface area (Å²) in [5.74, 6) is -0.0807. The minimum atomic E-state index is -0.869. The van der Waals surface area contributed by atoms with Crippen molar-refractivity contribution >= 4 is 5.91 Å². The lowest BCUT2D eigenvalue weighted by Gasteiger charge is -2.19. The van der Waals surface area contributed by atoms with Crippen molar-refractivity contribution in [2.75, 3.05) is 6.61 Å². The highest BCUT2D eigenvalue weighted by Crippen LogP contribution is 2.15. The Balaban J connectivity index is 3.49. The molecule has 0 rings (SSSR count). The summed E-state index contributed by atoms with van der Waals surface area (Å²) < 4.78 is 0. The Morgan fingerprint density at radius 3 is 1.24 bits per heavy atom. The van der Waals surface area contributed by atoms with Gasteiger partial charge in [-0.1, -0.05) is 216 Å². The van der Waals surface area contributed by atoms with Crippen LogP contribution in [0.4, 0.5) is 0 Å². The SMILES string of the molecule is CCC/C=C/CC/C=C/CC/C=C/C(O)C(CO)NC(=O)CCCCCCCCCCCCCCCCC/C=C\C/C=C\CCCCCCCCCCC. The summed E-state index contributed by atoms with van der Waals surface area (Å²) in [6.07, 6.45) is 63.6. The van der Waals surface area contributed by atoms with E-state index in [4.69, 9.17) is 0 Å². The van der Waals surface area contributed by atoms with E-state index in [1.54, 1.807) is 6.08 Å². The standard InChI is InChI=1S/C50H91NO3/c1-3-5-7-9-11-13-15-16-17-18-19-20-21-22-23-24-25-26-27-28-29-30-31-32-33-34-36-38-40-42-44-46-50(54)51-48(47-52)49(53)45-43-41-39-37-35-14-12-10-8-6-4-2/h8,10,19-20,22-23,35,37,43,45,48-49,52-53H,3-7,9,11-18,21,24-34,36,38-42,44,46-47H2,1-2H3,(H,51,54)/b10-8+,20-19-,23-22-,37-35+,45-43+. The van der Waals surface area contributed by atoms with Crippen LogP contribution in [-0.2, 0) is 4.79 Å². The maximum absolute atomic E-state index is 12.4. The molecule has 0 bridgehead atoms. The van der Waals surface area contributed by atoms with Crippen LogP contribution in [0.15, 0.2) is 60.8 Å². The van der Waals surface area contributed by atoms with E-state index in [1.165, 1.54) is 161 Å². The van der Waals surface area contributed by atoms with Crippen LogP contribution in [0.3, 0.4) is 0 Å². The molecule has 0 heterocycles. The predicted molar refractivity (Wildman–Crippen MR) is 239 cm³/mol. The third-order valence-electron chi connectivity index (χ3n) is 10.4. The number of carbonyl (C=O) groups is 1. The molecule has 0 saturated heterocycles. The van der Waals surface area contributed by atoms with E-state index in [0.717, 1.165) is 51.4 Å². The molecule has 0 radical (unpaired) electrons. The Morgan fingerprint density at radius 1 is 0.444 bits per heavy atom. The second-order valence-electron chi connectivity index (χ2n) is 15.8. The first-order valence-corrected chi connectivity index (χ1v) is 23.5. The van der Waals surface area contributed by atoms with Crippen molar-refractivity contribution in [3.05, 3.63) is 60.8 Å². The highest BCUT2D eigenvalue weighted by molar-refractivity contribution is 5.76. The molecule has 4 heteroatoms. The van der Waals surface area contributed by atoms with Crippen LogP contribution in [0.5, 0.6) is 0 Å². The lowest BCUT2D eigenvalue weighted by atomic mass is 10.0. The minimum absolute atomic E-state index is 0.0807. The van der Waals surface area contributed by atoms with Gasteiger partial charge >= 0.3 is 0 Å². The average Bonchev–Trinajstić information content (AvgIpc) is 3.18. The van der Waals surface area contributed by atoms with Crippen LogP contribution in [0.1, 0.15) is 232 Å². The first-order valence-electron chi connectivity index (χ1n) is 23.5. The summed E-state index contributed by atoms with van der Waals surface area (Å²) in [6, 6.07) is -0.645. The summed E-state index contributed by atoms with van der Waals surface area (Å²) in [6.45, 7) is 4.22. The van der Waals surface area contributed by atoms with Gasteiger partial charge < -0.3 is 15.5 Å². The van der Waals surface area contributed by atoms with E-state index >= 15 is 0 Å². The molecule has 0 aromatic carbocycles. The summed E-state index contributed by atoms with van der Waals surface area (Å²) in [7, 11) is 0. The van der Waals surface area contributed by atoms with Crippen molar-refractivity contribution in [2.24, 2.45) is 0 Å². The van der Waals surface area contributed by atoms with Gasteiger partial charge in [0.15, 0.2) is 0 Å². The van der Waals surface area contributed by atoms with E-state index in [1.807, 2.05) is 6.08 Å². The van der Waals surface area contributed by atoms with Crippen LogP contribution in [-0.4, -0.2) is 34.9 Å². The van der Waals surface area contributed by atoms with Gasteiger partial charge in [0, 0.05) is 6.42 Å². The highest BCUT2D eigenvalue weighted by Gasteiger charge is 2.17. The lowest BCUT2D eigenvalue weighted by molar-refractivity contribution is -0.123. The van der Waals surface area contributed by atoms with Gasteiger partial charge in [0.2, 0.25) is 5.91 Å². The monoisotopic (exact) mass is 754 g/mol. The fourth-order valence-corrected chi connectivity index (χ4v) is 6.84. The number of aliphatic hydroxyl groups is 2. The van der Waals surface area contributed by atoms with Gasteiger partial charge in [0.05, 0.1) is 18.8 Å². The molecular weight excluding hydrogens is 663 g/mol. The fourth-order valence-electron chi connectivity index (χ4n) is 6.84. The van der Waals surface area contributed by atoms with Gasteiger partial charge in [-0.05, 0) is 70.6 Å². The number of allylic oxidation sites excluding steroid dienone is 9. The summed E-state index contributed by atoms with van der Waals surface area (Å²) in [4.78, 5) is 12.4. The topological polar surface area (TPSA) is 69.6 Å². The Kier molecular flexibility index (Phi) is 43.9. The van der Waals surface area contributed by atoms with Crippen molar-refractivity contribution in [3.63, 3.8) is 0 Å². The molecule has 314 valence electrons. The largest absolute Gasteiger partial charge is 0.394 e. The van der Waals surface area contributed by atoms with Gasteiger partial charge in [-0.15, -0.1) is 0 Å². The molecule has 0 aliphatic carbocycles. The van der Waals surface area contributed by atoms with Gasteiger partial charge in [0.25, 0.3) is 0 Å². The Morgan fingerprint density at radius 2 is 0.815 bits per heavy atom. The molecular formula is C50H91NO3. The van der Waals surface area contributed by atoms with Gasteiger partial charge in [-0.3, -0.25) is 4.79 Å². The number of carbonyl (C=O) groups excluding carboxylic acids is 1. The Hall–Kier alpha value is -1.91. The second kappa shape index (κ2) is 45.5. The van der Waals surface area contributed by atoms with Crippen LogP contribution in [0.2, 0.25) is 0 Å². The zero-order valence-electron chi connectivity index (χ0n) is 36.0. The van der Waals surface area contributed by atoms with Crippen molar-refractivity contribution < 1.29 is 15.0 Å². The highest BCUT2D eigenvalue weighted by atomic mass is 16.3. The normalized spacial score (nSPS) is 13.5. The predicted octanol–water partition coefficient (Wildman–Crippen LogP) is 14.9. The van der Waals surface area contributed by atoms with Crippen LogP contribution < -0.4 is 5.32 Å². The van der Waals surface area contributed by atoms with E-state index < -0.39 is 12.1 Å². The molecule has 0 saturated carbocycles. The summed E-state index contributed by atoms with van der Waals surface area (Å²) >= 11 is 0. The number of hydrogen-bond acceptors (Lipinski definition) is 3. The molecule has 1 amide bonds. The number of nitrogens with one attached hydrogen (secondary N) is 1. The van der Waals surface area contributed by atoms with Crippen LogP contribution >= 0.6 is 0 Å². The molecule has 0 aliphatic rings. The van der Waals surface area contributed by atoms with Crippen molar-refractivity contribution in [1.82, 2.24) is 5.32 Å². The van der Waals surface area contributed by atoms with E-state index in [0.29, 0.717) is 6.42 Å². The number of aliphatic hydroxyl groups excluding tert-OH is 2. The average molecular weight is 754 g/mol. The van der Waals surface area contributed by atoms with Gasteiger partial charge in [-0.2, -0.15) is 0 Å². The number of unbranched alkanes of at least 4 members (excludes halogenated alkanes) is 27. The van der Waals surface area contributed by atoms with Gasteiger partial charge in [0.1, 0.15) is 0 Å². The van der Waals surface area contributed by atoms with Gasteiger partial charge in [-0.25, -0.2) is 0 Å². The molecule has 0 aromatic rings. The Bertz CT molecular complexity index is 904. The zero-order valence-corrected chi connectivity index (χ0v) is 36.0. The maximum atomic E-state index is 12.4. The molecule has 0 aromatic heterocycles. The molecule has 54 heavy (non-hydrogen) atoms. The Labute approximate surface area is 336 Å². The third kappa shape index (κ3) is 41.3. The van der Waals surface area contributed by atoms with Crippen molar-refractivity contribution in [3.8, 4) is 0 Å². The van der Waals surface area contributed by atoms with E-state index in [9.17, 15) is 15.0 Å². The van der Waals surface area contributed by atoms with Crippen molar-refractivity contribution in [2.45, 2.75) is 244 Å². The smallest absolute Gasteiger partial charge is 0.220 e. The zero-order chi connectivity index (χ0) is 39.3. The molecule has 0 fully saturated rings. The molecule has 4 nitrogen and oxygen atoms in total. The van der Waals surface area contributed by atoms with E-state index in [-0.39, 0.29) is 12.5 Å². The van der Waals surface area contributed by atoms with E-state index in [2.05, 4.69) is 67.8 Å². The van der Waals surface area contributed by atoms with Crippen molar-refractivity contribution in [1.29, 1.82) is 0 Å². The molecule has 0 spiro atoms. The fraction of sp³-hybridized carbons (Fsp3) is 0.780. The molecule has 0 aliphatic heterocycles. The number of rotatable bonds is 42. The first kappa shape index (κ1) is 52.1. The maximum Gasteiger partial charge on any atom is 0.220 e. The van der Waals surface area contributed by atoms with Crippen LogP contribution in [0.25, 0.3) is 0 Å². The molecule has 3 N–H and O–H groups in total. The molecule has 2 atom stereocenters. The van der Waals surface area contributed by atoms with Crippen LogP contribution in [0, 0.1) is 0 Å². The lowest BCUT2D eigenvalue weighted by Crippen LogP contribution is -2.45. The molecule has 2 unspecified atom stereocenters. The minimum Gasteiger partial charge on any atom is -0.394 e. The summed E-state index contributed by atoms with van der Waals surface area (Å²) in [5, 5.41) is 22.9. The quantitative estimate of drug-likeness (QED) is 0.0429. The third-order valence-corrected chi connectivity index (χ3v) is 10.4. The second-order valence-corrected chi connectivity index (χ2v) is 15.8. The number of amides is 1. The first-order chi connectivity index (χ1) is 26.7. The number of hydrogen-bond donors (Lipinski definition) is 3. The summed E-state index contributed by atoms with van der Waals surface area (Å²) in [5.41, 5.74) is 0.